The molecule has 0 saturated carbocycles. The van der Waals surface area contributed by atoms with Crippen LogP contribution in [0.1, 0.15) is 39.5 Å². The molecule has 0 aliphatic rings. The molecular weight excluding hydrogens is 194 g/mol. The van der Waals surface area contributed by atoms with Crippen molar-refractivity contribution in [3.63, 3.8) is 0 Å². The first-order valence-corrected chi connectivity index (χ1v) is 5.19. The SMILES string of the molecule is C=CCCCCC(=O)OCC(C)(C)NO. The number of ether oxygens (including phenoxy) is 1. The fraction of sp³-hybridized carbons (Fsp3) is 0.727. The third-order valence-corrected chi connectivity index (χ3v) is 1.94. The van der Waals surface area contributed by atoms with E-state index in [-0.39, 0.29) is 12.6 Å². The Morgan fingerprint density at radius 2 is 2.20 bits per heavy atom. The molecule has 0 aromatic carbocycles. The summed E-state index contributed by atoms with van der Waals surface area (Å²) in [4.78, 5) is 11.2. The van der Waals surface area contributed by atoms with Crippen molar-refractivity contribution in [1.82, 2.24) is 5.48 Å². The van der Waals surface area contributed by atoms with E-state index in [2.05, 4.69) is 12.1 Å². The third kappa shape index (κ3) is 8.15. The van der Waals surface area contributed by atoms with Gasteiger partial charge in [-0.3, -0.25) is 4.79 Å². The van der Waals surface area contributed by atoms with E-state index >= 15 is 0 Å². The number of hydrogen-bond donors (Lipinski definition) is 2. The number of hydroxylamine groups is 1. The molecule has 4 heteroatoms. The fourth-order valence-corrected chi connectivity index (χ4v) is 0.923. The second kappa shape index (κ2) is 7.43. The first kappa shape index (κ1) is 14.1. The zero-order valence-electron chi connectivity index (χ0n) is 9.58. The topological polar surface area (TPSA) is 58.6 Å². The number of hydrogen-bond acceptors (Lipinski definition) is 4. The Bertz CT molecular complexity index is 202. The van der Waals surface area contributed by atoms with Crippen LogP contribution in [0.5, 0.6) is 0 Å². The summed E-state index contributed by atoms with van der Waals surface area (Å²) in [6, 6.07) is 0. The molecule has 0 aliphatic carbocycles. The standard InChI is InChI=1S/C11H21NO3/c1-4-5-6-7-8-10(13)15-9-11(2,3)12-14/h4,12,14H,1,5-9H2,2-3H3. The van der Waals surface area contributed by atoms with E-state index in [0.717, 1.165) is 19.3 Å². The number of rotatable bonds is 8. The molecule has 0 aromatic heterocycles. The molecular formula is C11H21NO3. The predicted molar refractivity (Wildman–Crippen MR) is 58.6 cm³/mol. The monoisotopic (exact) mass is 215 g/mol. The summed E-state index contributed by atoms with van der Waals surface area (Å²) >= 11 is 0. The van der Waals surface area contributed by atoms with Crippen molar-refractivity contribution in [3.05, 3.63) is 12.7 Å². The van der Waals surface area contributed by atoms with E-state index in [1.807, 2.05) is 6.08 Å². The lowest BCUT2D eigenvalue weighted by molar-refractivity contribution is -0.147. The number of esters is 1. The van der Waals surface area contributed by atoms with Crippen molar-refractivity contribution < 1.29 is 14.7 Å². The van der Waals surface area contributed by atoms with Crippen LogP contribution in [-0.4, -0.2) is 23.3 Å². The number of nitrogens with one attached hydrogen (secondary N) is 1. The summed E-state index contributed by atoms with van der Waals surface area (Å²) in [5.74, 6) is -0.220. The van der Waals surface area contributed by atoms with Crippen molar-refractivity contribution in [1.29, 1.82) is 0 Å². The van der Waals surface area contributed by atoms with E-state index in [9.17, 15) is 4.79 Å². The van der Waals surface area contributed by atoms with Gasteiger partial charge in [-0.2, -0.15) is 5.48 Å². The molecule has 0 saturated heterocycles. The quantitative estimate of drug-likeness (QED) is 0.281. The molecule has 0 spiro atoms. The van der Waals surface area contributed by atoms with Crippen molar-refractivity contribution in [2.45, 2.75) is 45.1 Å². The molecule has 0 radical (unpaired) electrons. The molecule has 0 bridgehead atoms. The van der Waals surface area contributed by atoms with Gasteiger partial charge in [-0.15, -0.1) is 6.58 Å². The molecule has 0 fully saturated rings. The van der Waals surface area contributed by atoms with Gasteiger partial charge in [0.25, 0.3) is 0 Å². The fourth-order valence-electron chi connectivity index (χ4n) is 0.923. The maximum Gasteiger partial charge on any atom is 0.305 e. The number of carbonyl (C=O) groups excluding carboxylic acids is 1. The Labute approximate surface area is 91.3 Å². The van der Waals surface area contributed by atoms with Gasteiger partial charge in [-0.25, -0.2) is 0 Å². The van der Waals surface area contributed by atoms with Crippen LogP contribution in [0.4, 0.5) is 0 Å². The molecule has 15 heavy (non-hydrogen) atoms. The van der Waals surface area contributed by atoms with Crippen molar-refractivity contribution in [2.75, 3.05) is 6.61 Å². The first-order valence-electron chi connectivity index (χ1n) is 5.19. The van der Waals surface area contributed by atoms with Crippen molar-refractivity contribution in [3.8, 4) is 0 Å². The second-order valence-corrected chi connectivity index (χ2v) is 4.19. The highest BCUT2D eigenvalue weighted by molar-refractivity contribution is 5.69. The molecule has 4 nitrogen and oxygen atoms in total. The highest BCUT2D eigenvalue weighted by Gasteiger charge is 2.18. The van der Waals surface area contributed by atoms with Crippen LogP contribution in [0.25, 0.3) is 0 Å². The average molecular weight is 215 g/mol. The van der Waals surface area contributed by atoms with Crippen LogP contribution in [0.2, 0.25) is 0 Å². The molecule has 0 amide bonds. The van der Waals surface area contributed by atoms with Gasteiger partial charge in [-0.05, 0) is 33.1 Å². The molecule has 0 aliphatic heterocycles. The van der Waals surface area contributed by atoms with Crippen LogP contribution in [0.3, 0.4) is 0 Å². The highest BCUT2D eigenvalue weighted by Crippen LogP contribution is 2.05. The molecule has 0 atom stereocenters. The average Bonchev–Trinajstić information content (AvgIpc) is 2.22. The zero-order chi connectivity index (χ0) is 11.7. The number of carbonyl (C=O) groups is 1. The van der Waals surface area contributed by atoms with Crippen molar-refractivity contribution >= 4 is 5.97 Å². The molecule has 2 N–H and O–H groups in total. The predicted octanol–water partition coefficient (Wildman–Crippen LogP) is 2.03. The maximum atomic E-state index is 11.2. The largest absolute Gasteiger partial charge is 0.464 e. The molecule has 88 valence electrons. The summed E-state index contributed by atoms with van der Waals surface area (Å²) in [5, 5.41) is 8.70. The van der Waals surface area contributed by atoms with E-state index in [1.54, 1.807) is 13.8 Å². The van der Waals surface area contributed by atoms with E-state index in [4.69, 9.17) is 9.94 Å². The molecule has 0 aromatic rings. The van der Waals surface area contributed by atoms with Gasteiger partial charge in [0.1, 0.15) is 6.61 Å². The van der Waals surface area contributed by atoms with Gasteiger partial charge in [-0.1, -0.05) is 6.08 Å². The normalized spacial score (nSPS) is 11.1. The minimum Gasteiger partial charge on any atom is -0.464 e. The second-order valence-electron chi connectivity index (χ2n) is 4.19. The minimum atomic E-state index is -0.587. The Balaban J connectivity index is 3.53. The minimum absolute atomic E-state index is 0.170. The molecule has 0 unspecified atom stereocenters. The maximum absolute atomic E-state index is 11.2. The Morgan fingerprint density at radius 1 is 1.53 bits per heavy atom. The van der Waals surface area contributed by atoms with Gasteiger partial charge < -0.3 is 9.94 Å². The lowest BCUT2D eigenvalue weighted by Gasteiger charge is -2.21. The van der Waals surface area contributed by atoms with Crippen LogP contribution < -0.4 is 5.48 Å². The summed E-state index contributed by atoms with van der Waals surface area (Å²) < 4.78 is 4.99. The van der Waals surface area contributed by atoms with E-state index in [0.29, 0.717) is 6.42 Å². The first-order chi connectivity index (χ1) is 7.02. The third-order valence-electron chi connectivity index (χ3n) is 1.94. The van der Waals surface area contributed by atoms with Crippen LogP contribution in [0, 0.1) is 0 Å². The van der Waals surface area contributed by atoms with Crippen LogP contribution in [0.15, 0.2) is 12.7 Å². The lowest BCUT2D eigenvalue weighted by Crippen LogP contribution is -2.42. The van der Waals surface area contributed by atoms with Gasteiger partial charge in [0.15, 0.2) is 0 Å². The van der Waals surface area contributed by atoms with Gasteiger partial charge in [0, 0.05) is 6.42 Å². The van der Waals surface area contributed by atoms with Gasteiger partial charge in [0.2, 0.25) is 0 Å². The Morgan fingerprint density at radius 3 is 2.73 bits per heavy atom. The van der Waals surface area contributed by atoms with Crippen molar-refractivity contribution in [2.24, 2.45) is 0 Å². The molecule has 0 heterocycles. The molecule has 0 rings (SSSR count). The summed E-state index contributed by atoms with van der Waals surface area (Å²) in [6.45, 7) is 7.27. The van der Waals surface area contributed by atoms with Crippen LogP contribution in [-0.2, 0) is 9.53 Å². The van der Waals surface area contributed by atoms with E-state index in [1.165, 1.54) is 0 Å². The van der Waals surface area contributed by atoms with Gasteiger partial charge >= 0.3 is 5.97 Å². The summed E-state index contributed by atoms with van der Waals surface area (Å²) in [7, 11) is 0. The van der Waals surface area contributed by atoms with E-state index < -0.39 is 5.54 Å². The van der Waals surface area contributed by atoms with Gasteiger partial charge in [0.05, 0.1) is 5.54 Å². The number of allylic oxidation sites excluding steroid dienone is 1. The smallest absolute Gasteiger partial charge is 0.305 e. The Kier molecular flexibility index (Phi) is 6.99. The van der Waals surface area contributed by atoms with Crippen LogP contribution >= 0.6 is 0 Å². The number of unbranched alkanes of at least 4 members (excludes halogenated alkanes) is 2. The zero-order valence-corrected chi connectivity index (χ0v) is 9.58. The highest BCUT2D eigenvalue weighted by atomic mass is 16.5. The lowest BCUT2D eigenvalue weighted by atomic mass is 10.1. The Hall–Kier alpha value is -0.870. The summed E-state index contributed by atoms with van der Waals surface area (Å²) in [6.07, 6.45) is 4.97. The summed E-state index contributed by atoms with van der Waals surface area (Å²) in [5.41, 5.74) is 1.50.